The normalized spacial score (nSPS) is 11.0. The fourth-order valence-electron chi connectivity index (χ4n) is 2.87. The lowest BCUT2D eigenvalue weighted by Gasteiger charge is -2.10. The summed E-state index contributed by atoms with van der Waals surface area (Å²) in [6.07, 6.45) is 4.75. The van der Waals surface area contributed by atoms with Gasteiger partial charge in [-0.05, 0) is 30.6 Å². The zero-order valence-electron chi connectivity index (χ0n) is 16.9. The summed E-state index contributed by atoms with van der Waals surface area (Å²) in [6.45, 7) is 6.05. The third-order valence-corrected chi connectivity index (χ3v) is 5.74. The molecule has 2 N–H and O–H groups in total. The first kappa shape index (κ1) is 21.4. The van der Waals surface area contributed by atoms with Crippen LogP contribution < -0.4 is 10.6 Å². The summed E-state index contributed by atoms with van der Waals surface area (Å²) in [6, 6.07) is 7.69. The molecule has 154 valence electrons. The van der Waals surface area contributed by atoms with Crippen LogP contribution in [0.4, 0.5) is 5.82 Å². The van der Waals surface area contributed by atoms with E-state index in [9.17, 15) is 4.79 Å². The number of aromatic nitrogens is 4. The van der Waals surface area contributed by atoms with Crippen LogP contribution in [0, 0.1) is 0 Å². The van der Waals surface area contributed by atoms with Crippen LogP contribution in [0.25, 0.3) is 11.0 Å². The van der Waals surface area contributed by atoms with Crippen LogP contribution in [0.15, 0.2) is 40.5 Å². The molecule has 9 heteroatoms. The van der Waals surface area contributed by atoms with Crippen LogP contribution in [-0.4, -0.2) is 50.8 Å². The van der Waals surface area contributed by atoms with Gasteiger partial charge in [0.25, 0.3) is 5.91 Å². The van der Waals surface area contributed by atoms with Crippen LogP contribution in [0.2, 0.25) is 0 Å². The summed E-state index contributed by atoms with van der Waals surface area (Å²) in [5.74, 6) is 1.67. The largest absolute Gasteiger partial charge is 0.369 e. The number of fused-ring (bicyclic) bond motifs is 1. The van der Waals surface area contributed by atoms with Crippen molar-refractivity contribution >= 4 is 46.3 Å². The highest BCUT2D eigenvalue weighted by molar-refractivity contribution is 7.99. The summed E-state index contributed by atoms with van der Waals surface area (Å²) >= 11 is 3.17. The van der Waals surface area contributed by atoms with E-state index >= 15 is 0 Å². The molecule has 0 radical (unpaired) electrons. The Morgan fingerprint density at radius 1 is 1.17 bits per heavy atom. The van der Waals surface area contributed by atoms with E-state index in [-0.39, 0.29) is 5.91 Å². The molecule has 3 aromatic rings. The second-order valence-corrected chi connectivity index (χ2v) is 8.36. The Hall–Kier alpha value is -2.26. The lowest BCUT2D eigenvalue weighted by Crippen LogP contribution is -2.28. The van der Waals surface area contributed by atoms with E-state index in [4.69, 9.17) is 0 Å². The van der Waals surface area contributed by atoms with E-state index in [1.807, 2.05) is 35.2 Å². The number of anilines is 1. The number of nitrogens with zero attached hydrogens (tertiary/aromatic N) is 4. The minimum atomic E-state index is -0.0669. The Bertz CT molecular complexity index is 975. The molecular weight excluding hydrogens is 404 g/mol. The number of nitrogens with one attached hydrogen (secondary N) is 2. The van der Waals surface area contributed by atoms with Crippen LogP contribution >= 0.6 is 23.5 Å². The number of carbonyl (C=O) groups excluding carboxylic acids is 1. The zero-order chi connectivity index (χ0) is 20.6. The van der Waals surface area contributed by atoms with Gasteiger partial charge in [0.15, 0.2) is 10.8 Å². The summed E-state index contributed by atoms with van der Waals surface area (Å²) in [7, 11) is 0. The molecule has 3 rings (SSSR count). The van der Waals surface area contributed by atoms with Crippen molar-refractivity contribution in [1.29, 1.82) is 0 Å². The van der Waals surface area contributed by atoms with Crippen molar-refractivity contribution < 1.29 is 4.79 Å². The smallest absolute Gasteiger partial charge is 0.252 e. The van der Waals surface area contributed by atoms with E-state index in [1.165, 1.54) is 11.8 Å². The molecule has 7 nitrogen and oxygen atoms in total. The van der Waals surface area contributed by atoms with Crippen molar-refractivity contribution in [3.8, 4) is 0 Å². The average Bonchev–Trinajstić information content (AvgIpc) is 3.15. The molecule has 29 heavy (non-hydrogen) atoms. The number of thioether (sulfide) groups is 2. The molecule has 0 aliphatic rings. The van der Waals surface area contributed by atoms with Gasteiger partial charge in [0.2, 0.25) is 0 Å². The standard InChI is InChI=1S/C20H26N6OS2/c1-4-10-21-17-15-13-23-26(18(15)25-20(24-17)28-3)12-11-22-19(27)14-8-6-7-9-16(14)29-5-2/h6-9,13H,4-5,10-12H2,1-3H3,(H,22,27)(H,21,24,25). The van der Waals surface area contributed by atoms with Crippen molar-refractivity contribution in [2.24, 2.45) is 0 Å². The molecule has 0 spiro atoms. The molecule has 0 aliphatic heterocycles. The summed E-state index contributed by atoms with van der Waals surface area (Å²) < 4.78 is 1.82. The number of rotatable bonds is 10. The van der Waals surface area contributed by atoms with E-state index in [1.54, 1.807) is 18.0 Å². The van der Waals surface area contributed by atoms with Gasteiger partial charge in [0.05, 0.1) is 23.7 Å². The topological polar surface area (TPSA) is 84.7 Å². The monoisotopic (exact) mass is 430 g/mol. The summed E-state index contributed by atoms with van der Waals surface area (Å²) in [4.78, 5) is 22.8. The molecule has 0 aliphatic carbocycles. The molecule has 2 heterocycles. The van der Waals surface area contributed by atoms with Crippen molar-refractivity contribution in [3.05, 3.63) is 36.0 Å². The first-order chi connectivity index (χ1) is 14.2. The number of benzene rings is 1. The van der Waals surface area contributed by atoms with Gasteiger partial charge in [-0.15, -0.1) is 11.8 Å². The van der Waals surface area contributed by atoms with Crippen molar-refractivity contribution in [1.82, 2.24) is 25.1 Å². The van der Waals surface area contributed by atoms with Gasteiger partial charge in [0.1, 0.15) is 5.82 Å². The van der Waals surface area contributed by atoms with E-state index in [2.05, 4.69) is 39.5 Å². The Labute approximate surface area is 179 Å². The first-order valence-corrected chi connectivity index (χ1v) is 11.9. The fourth-order valence-corrected chi connectivity index (χ4v) is 4.04. The second-order valence-electron chi connectivity index (χ2n) is 6.28. The molecule has 2 aromatic heterocycles. The molecule has 0 saturated carbocycles. The quantitative estimate of drug-likeness (QED) is 0.372. The maximum absolute atomic E-state index is 12.6. The van der Waals surface area contributed by atoms with E-state index < -0.39 is 0 Å². The van der Waals surface area contributed by atoms with Gasteiger partial charge in [-0.1, -0.05) is 37.7 Å². The lowest BCUT2D eigenvalue weighted by molar-refractivity contribution is 0.0949. The summed E-state index contributed by atoms with van der Waals surface area (Å²) in [5, 5.41) is 12.4. The van der Waals surface area contributed by atoms with Gasteiger partial charge < -0.3 is 10.6 Å². The predicted octanol–water partition coefficient (Wildman–Crippen LogP) is 3.91. The second kappa shape index (κ2) is 10.5. The van der Waals surface area contributed by atoms with Crippen molar-refractivity contribution in [3.63, 3.8) is 0 Å². The van der Waals surface area contributed by atoms with Gasteiger partial charge in [0, 0.05) is 18.0 Å². The Morgan fingerprint density at radius 3 is 2.76 bits per heavy atom. The molecule has 0 unspecified atom stereocenters. The van der Waals surface area contributed by atoms with Crippen LogP contribution in [0.1, 0.15) is 30.6 Å². The number of carbonyl (C=O) groups is 1. The van der Waals surface area contributed by atoms with Gasteiger partial charge in [-0.25, -0.2) is 14.6 Å². The van der Waals surface area contributed by atoms with Crippen molar-refractivity contribution in [2.45, 2.75) is 36.9 Å². The minimum absolute atomic E-state index is 0.0669. The predicted molar refractivity (Wildman–Crippen MR) is 121 cm³/mol. The minimum Gasteiger partial charge on any atom is -0.369 e. The van der Waals surface area contributed by atoms with Crippen molar-refractivity contribution in [2.75, 3.05) is 30.4 Å². The van der Waals surface area contributed by atoms with Crippen LogP contribution in [0.5, 0.6) is 0 Å². The molecule has 0 saturated heterocycles. The van der Waals surface area contributed by atoms with E-state index in [0.29, 0.717) is 23.8 Å². The van der Waals surface area contributed by atoms with Crippen LogP contribution in [-0.2, 0) is 6.54 Å². The molecular formula is C20H26N6OS2. The Kier molecular flexibility index (Phi) is 7.76. The highest BCUT2D eigenvalue weighted by atomic mass is 32.2. The number of hydrogen-bond donors (Lipinski definition) is 2. The summed E-state index contributed by atoms with van der Waals surface area (Å²) in [5.41, 5.74) is 1.49. The van der Waals surface area contributed by atoms with Gasteiger partial charge in [-0.2, -0.15) is 5.10 Å². The first-order valence-electron chi connectivity index (χ1n) is 9.69. The molecule has 0 bridgehead atoms. The number of amides is 1. The molecule has 1 amide bonds. The zero-order valence-corrected chi connectivity index (χ0v) is 18.6. The highest BCUT2D eigenvalue weighted by Gasteiger charge is 2.14. The molecule has 1 aromatic carbocycles. The highest BCUT2D eigenvalue weighted by Crippen LogP contribution is 2.24. The molecule has 0 atom stereocenters. The molecule has 0 fully saturated rings. The van der Waals surface area contributed by atoms with Crippen LogP contribution in [0.3, 0.4) is 0 Å². The SMILES string of the molecule is CCCNc1nc(SC)nc2c1cnn2CCNC(=O)c1ccccc1SCC. The maximum atomic E-state index is 12.6. The third kappa shape index (κ3) is 5.22. The fraction of sp³-hybridized carbons (Fsp3) is 0.400. The Balaban J connectivity index is 1.72. The Morgan fingerprint density at radius 2 is 2.00 bits per heavy atom. The van der Waals surface area contributed by atoms with E-state index in [0.717, 1.165) is 40.5 Å². The van der Waals surface area contributed by atoms with Gasteiger partial charge in [-0.3, -0.25) is 4.79 Å². The van der Waals surface area contributed by atoms with Gasteiger partial charge >= 0.3 is 0 Å². The lowest BCUT2D eigenvalue weighted by atomic mass is 10.2. The average molecular weight is 431 g/mol. The maximum Gasteiger partial charge on any atom is 0.252 e. The third-order valence-electron chi connectivity index (χ3n) is 4.24. The number of hydrogen-bond acceptors (Lipinski definition) is 7.